The summed E-state index contributed by atoms with van der Waals surface area (Å²) in [6.45, 7) is 1.24. The molecule has 1 fully saturated rings. The quantitative estimate of drug-likeness (QED) is 0.482. The first-order valence-electron chi connectivity index (χ1n) is 10.9. The van der Waals surface area contributed by atoms with Crippen molar-refractivity contribution in [1.82, 2.24) is 24.6 Å². The number of carbonyl (C=O) groups is 1. The molecule has 170 valence electrons. The maximum absolute atomic E-state index is 12.9. The molecule has 0 spiro atoms. The molecule has 5 rings (SSSR count). The molecular weight excluding hydrogens is 420 g/mol. The van der Waals surface area contributed by atoms with Gasteiger partial charge in [-0.2, -0.15) is 5.10 Å². The molecule has 1 saturated heterocycles. The van der Waals surface area contributed by atoms with Crippen molar-refractivity contribution >= 4 is 23.0 Å². The van der Waals surface area contributed by atoms with E-state index in [4.69, 9.17) is 9.47 Å². The van der Waals surface area contributed by atoms with Crippen molar-refractivity contribution in [2.45, 2.75) is 18.9 Å². The lowest BCUT2D eigenvalue weighted by atomic mass is 10.1. The molecule has 9 nitrogen and oxygen atoms in total. The van der Waals surface area contributed by atoms with Crippen LogP contribution in [0.5, 0.6) is 11.5 Å². The molecule has 9 heteroatoms. The predicted molar refractivity (Wildman–Crippen MR) is 126 cm³/mol. The monoisotopic (exact) mass is 446 g/mol. The normalized spacial score (nSPS) is 14.4. The van der Waals surface area contributed by atoms with Gasteiger partial charge in [0.2, 0.25) is 5.95 Å². The van der Waals surface area contributed by atoms with E-state index in [-0.39, 0.29) is 12.1 Å². The number of hydrogen-bond acceptors (Lipinski definition) is 5. The van der Waals surface area contributed by atoms with Crippen LogP contribution < -0.4 is 14.8 Å². The van der Waals surface area contributed by atoms with Crippen molar-refractivity contribution in [3.63, 3.8) is 0 Å². The number of nitrogens with zero attached hydrogens (tertiary/aromatic N) is 4. The number of hydrogen-bond donors (Lipinski definition) is 2. The lowest BCUT2D eigenvalue weighted by molar-refractivity contribution is 0.115. The van der Waals surface area contributed by atoms with Crippen molar-refractivity contribution in [2.75, 3.05) is 25.5 Å². The number of imidazole rings is 1. The summed E-state index contributed by atoms with van der Waals surface area (Å²) >= 11 is 0. The molecular formula is C24H26N6O3. The summed E-state index contributed by atoms with van der Waals surface area (Å²) in [5, 5.41) is 7.16. The number of H-pyrrole nitrogens is 1. The first-order chi connectivity index (χ1) is 16.1. The van der Waals surface area contributed by atoms with Crippen molar-refractivity contribution < 1.29 is 14.3 Å². The lowest BCUT2D eigenvalue weighted by Gasteiger charge is -2.31. The summed E-state index contributed by atoms with van der Waals surface area (Å²) in [6, 6.07) is 13.4. The zero-order chi connectivity index (χ0) is 22.8. The number of aromatic amines is 1. The third-order valence-electron chi connectivity index (χ3n) is 5.84. The van der Waals surface area contributed by atoms with Crippen molar-refractivity contribution in [2.24, 2.45) is 7.05 Å². The average molecular weight is 447 g/mol. The van der Waals surface area contributed by atoms with E-state index in [2.05, 4.69) is 20.4 Å². The smallest absolute Gasteiger partial charge is 0.324 e. The number of para-hydroxylation sites is 1. The molecule has 2 amide bonds. The second-order valence-corrected chi connectivity index (χ2v) is 8.07. The largest absolute Gasteiger partial charge is 0.494 e. The minimum absolute atomic E-state index is 0.106. The first-order valence-corrected chi connectivity index (χ1v) is 10.9. The van der Waals surface area contributed by atoms with E-state index in [0.29, 0.717) is 30.3 Å². The van der Waals surface area contributed by atoms with Crippen LogP contribution in [-0.4, -0.2) is 57.0 Å². The Hall–Kier alpha value is -4.01. The Morgan fingerprint density at radius 3 is 2.64 bits per heavy atom. The molecule has 0 aliphatic carbocycles. The highest BCUT2D eigenvalue weighted by Gasteiger charge is 2.25. The summed E-state index contributed by atoms with van der Waals surface area (Å²) in [5.74, 6) is 1.90. The van der Waals surface area contributed by atoms with Crippen LogP contribution >= 0.6 is 0 Å². The fourth-order valence-electron chi connectivity index (χ4n) is 4.14. The van der Waals surface area contributed by atoms with E-state index in [1.165, 1.54) is 0 Å². The SMILES string of the molecule is COc1ccc(-c2cnn(C)c2)c2nc(NC(=O)N3CCC(Oc4ccccc4)CC3)[nH]c12. The Kier molecular flexibility index (Phi) is 5.60. The number of urea groups is 1. The number of likely N-dealkylation sites (tertiary alicyclic amines) is 1. The number of piperidine rings is 1. The van der Waals surface area contributed by atoms with Gasteiger partial charge in [0, 0.05) is 50.3 Å². The van der Waals surface area contributed by atoms with E-state index >= 15 is 0 Å². The summed E-state index contributed by atoms with van der Waals surface area (Å²) in [6.07, 6.45) is 5.38. The highest BCUT2D eigenvalue weighted by molar-refractivity contribution is 5.98. The van der Waals surface area contributed by atoms with Gasteiger partial charge in [-0.05, 0) is 24.3 Å². The van der Waals surface area contributed by atoms with Crippen molar-refractivity contribution in [3.05, 3.63) is 54.9 Å². The predicted octanol–water partition coefficient (Wildman–Crippen LogP) is 4.05. The van der Waals surface area contributed by atoms with Gasteiger partial charge < -0.3 is 19.4 Å². The van der Waals surface area contributed by atoms with Gasteiger partial charge in [-0.1, -0.05) is 18.2 Å². The van der Waals surface area contributed by atoms with Gasteiger partial charge in [0.15, 0.2) is 0 Å². The maximum Gasteiger partial charge on any atom is 0.324 e. The van der Waals surface area contributed by atoms with Crippen LogP contribution in [0.3, 0.4) is 0 Å². The van der Waals surface area contributed by atoms with Gasteiger partial charge in [0.05, 0.1) is 13.3 Å². The fraction of sp³-hybridized carbons (Fsp3) is 0.292. The molecule has 1 aliphatic heterocycles. The van der Waals surface area contributed by atoms with Crippen molar-refractivity contribution in [3.8, 4) is 22.6 Å². The van der Waals surface area contributed by atoms with Gasteiger partial charge >= 0.3 is 6.03 Å². The van der Waals surface area contributed by atoms with E-state index in [0.717, 1.165) is 35.2 Å². The van der Waals surface area contributed by atoms with Gasteiger partial charge in [-0.25, -0.2) is 9.78 Å². The molecule has 2 aromatic carbocycles. The van der Waals surface area contributed by atoms with E-state index < -0.39 is 0 Å². The van der Waals surface area contributed by atoms with Crippen LogP contribution in [-0.2, 0) is 7.05 Å². The zero-order valence-corrected chi connectivity index (χ0v) is 18.6. The van der Waals surface area contributed by atoms with Gasteiger partial charge in [0.25, 0.3) is 0 Å². The number of methoxy groups -OCH3 is 1. The molecule has 33 heavy (non-hydrogen) atoms. The molecule has 0 unspecified atom stereocenters. The molecule has 4 aromatic rings. The number of fused-ring (bicyclic) bond motifs is 1. The van der Waals surface area contributed by atoms with Crippen LogP contribution in [0, 0.1) is 0 Å². The molecule has 0 radical (unpaired) electrons. The van der Waals surface area contributed by atoms with Crippen LogP contribution in [0.4, 0.5) is 10.7 Å². The number of anilines is 1. The summed E-state index contributed by atoms with van der Waals surface area (Å²) < 4.78 is 13.3. The minimum Gasteiger partial charge on any atom is -0.494 e. The van der Waals surface area contributed by atoms with Gasteiger partial charge in [0.1, 0.15) is 28.6 Å². The number of carbonyl (C=O) groups excluding carboxylic acids is 1. The molecule has 2 aromatic heterocycles. The number of aryl methyl sites for hydroxylation is 1. The third-order valence-corrected chi connectivity index (χ3v) is 5.84. The lowest BCUT2D eigenvalue weighted by Crippen LogP contribution is -2.43. The Bertz CT molecular complexity index is 1260. The standard InChI is InChI=1S/C24H26N6O3/c1-29-15-16(14-25-29)19-8-9-20(32-2)22-21(19)26-23(27-22)28-24(31)30-12-10-18(11-13-30)33-17-6-4-3-5-7-17/h3-9,14-15,18H,10-13H2,1-2H3,(H2,26,27,28,31). The zero-order valence-electron chi connectivity index (χ0n) is 18.6. The maximum atomic E-state index is 12.9. The topological polar surface area (TPSA) is 97.3 Å². The minimum atomic E-state index is -0.186. The van der Waals surface area contributed by atoms with Crippen LogP contribution in [0.2, 0.25) is 0 Å². The van der Waals surface area contributed by atoms with Gasteiger partial charge in [-0.15, -0.1) is 0 Å². The second kappa shape index (κ2) is 8.85. The summed E-state index contributed by atoms with van der Waals surface area (Å²) in [7, 11) is 3.48. The van der Waals surface area contributed by atoms with Crippen LogP contribution in [0.15, 0.2) is 54.9 Å². The fourth-order valence-corrected chi connectivity index (χ4v) is 4.14. The number of rotatable bonds is 5. The molecule has 0 atom stereocenters. The number of ether oxygens (including phenoxy) is 2. The van der Waals surface area contributed by atoms with Crippen molar-refractivity contribution in [1.29, 1.82) is 0 Å². The van der Waals surface area contributed by atoms with Crippen LogP contribution in [0.1, 0.15) is 12.8 Å². The van der Waals surface area contributed by atoms with Crippen LogP contribution in [0.25, 0.3) is 22.2 Å². The van der Waals surface area contributed by atoms with Gasteiger partial charge in [-0.3, -0.25) is 10.00 Å². The number of nitrogens with one attached hydrogen (secondary N) is 2. The van der Waals surface area contributed by atoms with E-state index in [1.54, 1.807) is 22.9 Å². The first kappa shape index (κ1) is 20.9. The Morgan fingerprint density at radius 2 is 1.94 bits per heavy atom. The molecule has 2 N–H and O–H groups in total. The summed E-state index contributed by atoms with van der Waals surface area (Å²) in [4.78, 5) is 22.5. The number of amides is 2. The molecule has 3 heterocycles. The van der Waals surface area contributed by atoms with E-state index in [9.17, 15) is 4.79 Å². The Balaban J connectivity index is 1.29. The molecule has 1 aliphatic rings. The highest BCUT2D eigenvalue weighted by atomic mass is 16.5. The Labute approximate surface area is 191 Å². The van der Waals surface area contributed by atoms with E-state index in [1.807, 2.05) is 55.7 Å². The number of aromatic nitrogens is 4. The average Bonchev–Trinajstić information content (AvgIpc) is 3.45. The molecule has 0 bridgehead atoms. The third kappa shape index (κ3) is 4.34. The summed E-state index contributed by atoms with van der Waals surface area (Å²) in [5.41, 5.74) is 3.29. The number of benzene rings is 2. The Morgan fingerprint density at radius 1 is 1.15 bits per heavy atom. The highest BCUT2D eigenvalue weighted by Crippen LogP contribution is 2.33. The second-order valence-electron chi connectivity index (χ2n) is 8.07. The molecule has 0 saturated carbocycles.